The first-order valence-corrected chi connectivity index (χ1v) is 10.9. The molecule has 1 amide bonds. The van der Waals surface area contributed by atoms with Crippen LogP contribution in [0.4, 0.5) is 5.69 Å². The molecule has 2 aromatic carbocycles. The van der Waals surface area contributed by atoms with Gasteiger partial charge in [-0.15, -0.1) is 0 Å². The van der Waals surface area contributed by atoms with Crippen molar-refractivity contribution in [3.05, 3.63) is 58.1 Å². The summed E-state index contributed by atoms with van der Waals surface area (Å²) < 4.78 is 32.2. The van der Waals surface area contributed by atoms with E-state index in [1.54, 1.807) is 18.2 Å². The first-order valence-electron chi connectivity index (χ1n) is 8.72. The fourth-order valence-corrected chi connectivity index (χ4v) is 4.46. The van der Waals surface area contributed by atoms with E-state index in [0.717, 1.165) is 12.8 Å². The van der Waals surface area contributed by atoms with Crippen molar-refractivity contribution in [1.82, 2.24) is 4.31 Å². The van der Waals surface area contributed by atoms with Crippen LogP contribution in [0.1, 0.15) is 23.2 Å². The summed E-state index contributed by atoms with van der Waals surface area (Å²) in [7, 11) is -2.13. The number of likely N-dealkylation sites (N-methyl/N-ethyl adjacent to an activating group) is 1. The third-order valence-corrected chi connectivity index (χ3v) is 6.89. The summed E-state index contributed by atoms with van der Waals surface area (Å²) in [5.41, 5.74) is 0.684. The molecular weight excluding hydrogens is 423 g/mol. The maximum absolute atomic E-state index is 12.7. The Morgan fingerprint density at radius 1 is 1.21 bits per heavy atom. The summed E-state index contributed by atoms with van der Waals surface area (Å²) in [6, 6.07) is 10.5. The van der Waals surface area contributed by atoms with Gasteiger partial charge in [0.2, 0.25) is 10.0 Å². The zero-order chi connectivity index (χ0) is 20.3. The van der Waals surface area contributed by atoms with Crippen LogP contribution in [0.5, 0.6) is 0 Å². The van der Waals surface area contributed by atoms with Gasteiger partial charge in [-0.25, -0.2) is 8.42 Å². The number of ether oxygens (including phenoxy) is 1. The number of anilines is 1. The highest BCUT2D eigenvalue weighted by Gasteiger charge is 2.26. The second kappa shape index (κ2) is 8.80. The van der Waals surface area contributed by atoms with E-state index in [1.165, 1.54) is 35.6 Å². The Hall–Kier alpha value is -1.64. The van der Waals surface area contributed by atoms with Crippen molar-refractivity contribution in [3.63, 3.8) is 0 Å². The maximum Gasteiger partial charge on any atom is 0.255 e. The Bertz CT molecular complexity index is 958. The number of carbonyl (C=O) groups is 1. The molecule has 0 bridgehead atoms. The zero-order valence-electron chi connectivity index (χ0n) is 15.2. The molecular formula is C19H20Cl2N2O4S. The van der Waals surface area contributed by atoms with Crippen LogP contribution in [0.25, 0.3) is 0 Å². The number of hydrogen-bond donors (Lipinski definition) is 1. The summed E-state index contributed by atoms with van der Waals surface area (Å²) in [4.78, 5) is 12.5. The molecule has 1 aliphatic heterocycles. The van der Waals surface area contributed by atoms with E-state index in [9.17, 15) is 13.2 Å². The Morgan fingerprint density at radius 2 is 1.93 bits per heavy atom. The largest absolute Gasteiger partial charge is 0.377 e. The van der Waals surface area contributed by atoms with Gasteiger partial charge in [0.25, 0.3) is 5.91 Å². The highest BCUT2D eigenvalue weighted by atomic mass is 35.5. The minimum Gasteiger partial charge on any atom is -0.377 e. The quantitative estimate of drug-likeness (QED) is 0.731. The van der Waals surface area contributed by atoms with Crippen LogP contribution >= 0.6 is 23.2 Å². The maximum atomic E-state index is 12.7. The molecule has 2 aromatic rings. The lowest BCUT2D eigenvalue weighted by atomic mass is 10.2. The van der Waals surface area contributed by atoms with E-state index < -0.39 is 15.9 Å². The molecule has 1 aliphatic rings. The van der Waals surface area contributed by atoms with Crippen LogP contribution in [0, 0.1) is 0 Å². The van der Waals surface area contributed by atoms with Crippen LogP contribution < -0.4 is 5.32 Å². The first-order chi connectivity index (χ1) is 13.3. The number of nitrogens with one attached hydrogen (secondary N) is 1. The smallest absolute Gasteiger partial charge is 0.255 e. The highest BCUT2D eigenvalue weighted by Crippen LogP contribution is 2.26. The Labute approximate surface area is 174 Å². The monoisotopic (exact) mass is 442 g/mol. The molecule has 0 saturated carbocycles. The van der Waals surface area contributed by atoms with Crippen molar-refractivity contribution in [2.75, 3.05) is 25.5 Å². The molecule has 0 aromatic heterocycles. The molecule has 1 unspecified atom stereocenters. The summed E-state index contributed by atoms with van der Waals surface area (Å²) in [6.45, 7) is 0.969. The van der Waals surface area contributed by atoms with Gasteiger partial charge in [0.05, 0.1) is 21.7 Å². The second-order valence-corrected chi connectivity index (χ2v) is 9.41. The molecule has 9 heteroatoms. The molecule has 28 heavy (non-hydrogen) atoms. The number of hydrogen-bond acceptors (Lipinski definition) is 4. The minimum absolute atomic E-state index is 0.0766. The van der Waals surface area contributed by atoms with Crippen molar-refractivity contribution in [2.24, 2.45) is 0 Å². The van der Waals surface area contributed by atoms with E-state index in [-0.39, 0.29) is 11.0 Å². The molecule has 0 spiro atoms. The molecule has 1 heterocycles. The van der Waals surface area contributed by atoms with Gasteiger partial charge in [0.1, 0.15) is 0 Å². The molecule has 150 valence electrons. The number of halogens is 2. The number of carbonyl (C=O) groups excluding carboxylic acids is 1. The minimum atomic E-state index is -3.66. The average molecular weight is 443 g/mol. The van der Waals surface area contributed by atoms with Gasteiger partial charge >= 0.3 is 0 Å². The van der Waals surface area contributed by atoms with E-state index in [2.05, 4.69) is 5.32 Å². The fraction of sp³-hybridized carbons (Fsp3) is 0.316. The van der Waals surface area contributed by atoms with Gasteiger partial charge in [-0.3, -0.25) is 4.79 Å². The van der Waals surface area contributed by atoms with Crippen LogP contribution in [0.2, 0.25) is 10.0 Å². The summed E-state index contributed by atoms with van der Waals surface area (Å²) in [6.07, 6.45) is 1.72. The molecule has 1 N–H and O–H groups in total. The second-order valence-electron chi connectivity index (χ2n) is 6.52. The lowest BCUT2D eigenvalue weighted by molar-refractivity contribution is 0.0979. The third-order valence-electron chi connectivity index (χ3n) is 4.49. The Morgan fingerprint density at radius 3 is 2.57 bits per heavy atom. The highest BCUT2D eigenvalue weighted by molar-refractivity contribution is 7.89. The molecule has 1 fully saturated rings. The van der Waals surface area contributed by atoms with E-state index in [4.69, 9.17) is 27.9 Å². The van der Waals surface area contributed by atoms with Crippen LogP contribution in [-0.4, -0.2) is 44.9 Å². The fourth-order valence-electron chi connectivity index (χ4n) is 2.92. The lowest BCUT2D eigenvalue weighted by Crippen LogP contribution is -2.34. The van der Waals surface area contributed by atoms with E-state index >= 15 is 0 Å². The number of amides is 1. The number of benzene rings is 2. The SMILES string of the molecule is CN(CC1CCCO1)S(=O)(=O)c1ccc(C(=O)Nc2cc(Cl)ccc2Cl)cc1. The van der Waals surface area contributed by atoms with Gasteiger partial charge in [0, 0.05) is 30.8 Å². The van der Waals surface area contributed by atoms with Crippen molar-refractivity contribution in [2.45, 2.75) is 23.8 Å². The van der Waals surface area contributed by atoms with E-state index in [1.807, 2.05) is 0 Å². The van der Waals surface area contributed by atoms with Crippen molar-refractivity contribution in [1.29, 1.82) is 0 Å². The molecule has 1 saturated heterocycles. The van der Waals surface area contributed by atoms with Gasteiger partial charge in [0.15, 0.2) is 0 Å². The topological polar surface area (TPSA) is 75.7 Å². The molecule has 6 nitrogen and oxygen atoms in total. The predicted molar refractivity (Wildman–Crippen MR) is 110 cm³/mol. The average Bonchev–Trinajstić information content (AvgIpc) is 3.17. The van der Waals surface area contributed by atoms with Gasteiger partial charge in [-0.05, 0) is 55.3 Å². The molecule has 3 rings (SSSR count). The predicted octanol–water partition coefficient (Wildman–Crippen LogP) is 4.05. The Kier molecular flexibility index (Phi) is 6.62. The third kappa shape index (κ3) is 4.85. The number of sulfonamides is 1. The first kappa shape index (κ1) is 21.1. The van der Waals surface area contributed by atoms with Crippen molar-refractivity contribution >= 4 is 44.8 Å². The Balaban J connectivity index is 1.71. The standard InChI is InChI=1S/C19H20Cl2N2O4S/c1-23(12-15-3-2-10-27-15)28(25,26)16-7-4-13(5-8-16)19(24)22-18-11-14(20)6-9-17(18)21/h4-9,11,15H,2-3,10,12H2,1H3,(H,22,24). The summed E-state index contributed by atoms with van der Waals surface area (Å²) >= 11 is 12.0. The van der Waals surface area contributed by atoms with Gasteiger partial charge in [-0.1, -0.05) is 23.2 Å². The summed E-state index contributed by atoms with van der Waals surface area (Å²) in [5.74, 6) is -0.416. The van der Waals surface area contributed by atoms with Crippen LogP contribution in [0.3, 0.4) is 0 Å². The van der Waals surface area contributed by atoms with Crippen molar-refractivity contribution in [3.8, 4) is 0 Å². The molecule has 0 radical (unpaired) electrons. The normalized spacial score (nSPS) is 17.1. The number of nitrogens with zero attached hydrogens (tertiary/aromatic N) is 1. The van der Waals surface area contributed by atoms with Gasteiger partial charge in [-0.2, -0.15) is 4.31 Å². The van der Waals surface area contributed by atoms with E-state index in [0.29, 0.717) is 34.4 Å². The molecule has 1 atom stereocenters. The van der Waals surface area contributed by atoms with Gasteiger partial charge < -0.3 is 10.1 Å². The molecule has 0 aliphatic carbocycles. The van der Waals surface area contributed by atoms with Crippen molar-refractivity contribution < 1.29 is 17.9 Å². The lowest BCUT2D eigenvalue weighted by Gasteiger charge is -2.20. The number of rotatable bonds is 6. The zero-order valence-corrected chi connectivity index (χ0v) is 17.5. The summed E-state index contributed by atoms with van der Waals surface area (Å²) in [5, 5.41) is 3.46. The van der Waals surface area contributed by atoms with Crippen LogP contribution in [0.15, 0.2) is 47.4 Å². The van der Waals surface area contributed by atoms with Crippen LogP contribution in [-0.2, 0) is 14.8 Å².